The van der Waals surface area contributed by atoms with Crippen molar-refractivity contribution in [3.05, 3.63) is 23.3 Å². The van der Waals surface area contributed by atoms with Crippen LogP contribution in [-0.2, 0) is 25.3 Å². The van der Waals surface area contributed by atoms with Crippen LogP contribution >= 0.6 is 0 Å². The van der Waals surface area contributed by atoms with Crippen molar-refractivity contribution in [2.45, 2.75) is 142 Å². The number of ketones is 1. The van der Waals surface area contributed by atoms with Crippen LogP contribution in [0.5, 0.6) is 0 Å². The van der Waals surface area contributed by atoms with Gasteiger partial charge in [-0.3, -0.25) is 4.79 Å². The van der Waals surface area contributed by atoms with Gasteiger partial charge in [0, 0.05) is 37.0 Å². The topological polar surface area (TPSA) is 106 Å². The second kappa shape index (κ2) is 13.3. The maximum absolute atomic E-state index is 12.8. The highest BCUT2D eigenvalue weighted by molar-refractivity contribution is 7.85. The number of hydrogen-bond acceptors (Lipinski definition) is 6. The molecule has 0 aromatic rings. The largest absolute Gasteiger partial charge is 0.444 e. The molecule has 6 rings (SSSR count). The first-order valence-electron chi connectivity index (χ1n) is 18.1. The number of rotatable bonds is 3. The molecule has 4 aliphatic carbocycles. The van der Waals surface area contributed by atoms with Crippen LogP contribution in [-0.4, -0.2) is 79.8 Å². The highest BCUT2D eigenvalue weighted by atomic mass is 32.2. The molecule has 6 aliphatic rings. The smallest absolute Gasteiger partial charge is 0.410 e. The van der Waals surface area contributed by atoms with E-state index in [0.29, 0.717) is 43.8 Å². The van der Waals surface area contributed by atoms with Gasteiger partial charge >= 0.3 is 12.2 Å². The number of ether oxygens (including phenoxy) is 2. The number of carbonyl (C=O) groups is 3. The molecule has 0 aromatic carbocycles. The highest BCUT2D eigenvalue weighted by Crippen LogP contribution is 2.52. The Labute approximate surface area is 290 Å². The molecule has 0 radical (unpaired) electrons. The molecule has 0 unspecified atom stereocenters. The number of carbonyl (C=O) groups excluding carboxylic acids is 3. The second-order valence-corrected chi connectivity index (χ2v) is 19.8. The van der Waals surface area contributed by atoms with E-state index in [1.807, 2.05) is 67.2 Å². The fraction of sp³-hybridized carbons (Fsp3) is 0.789. The highest BCUT2D eigenvalue weighted by Gasteiger charge is 2.50. The van der Waals surface area contributed by atoms with Crippen molar-refractivity contribution >= 4 is 34.7 Å². The molecule has 2 saturated carbocycles. The molecule has 0 aromatic heterocycles. The third-order valence-electron chi connectivity index (χ3n) is 10.4. The Morgan fingerprint density at radius 2 is 1.10 bits per heavy atom. The fourth-order valence-electron chi connectivity index (χ4n) is 7.23. The third-order valence-corrected chi connectivity index (χ3v) is 11.8. The average molecular weight is 686 g/mol. The van der Waals surface area contributed by atoms with E-state index < -0.39 is 22.2 Å². The summed E-state index contributed by atoms with van der Waals surface area (Å²) >= 11 is 0. The lowest BCUT2D eigenvalue weighted by Gasteiger charge is -2.40. The molecular weight excluding hydrogens is 627 g/mol. The first-order valence-corrected chi connectivity index (χ1v) is 19.3. The molecule has 2 aliphatic heterocycles. The summed E-state index contributed by atoms with van der Waals surface area (Å²) in [5, 5.41) is 0. The van der Waals surface area contributed by atoms with Gasteiger partial charge in [0.25, 0.3) is 0 Å². The average Bonchev–Trinajstić information content (AvgIpc) is 3.91. The van der Waals surface area contributed by atoms with Crippen molar-refractivity contribution in [1.29, 1.82) is 0 Å². The molecule has 2 heterocycles. The van der Waals surface area contributed by atoms with Crippen molar-refractivity contribution in [3.63, 3.8) is 0 Å². The van der Waals surface area contributed by atoms with Crippen molar-refractivity contribution in [2.75, 3.05) is 26.2 Å². The third kappa shape index (κ3) is 8.62. The van der Waals surface area contributed by atoms with E-state index in [0.717, 1.165) is 49.8 Å². The summed E-state index contributed by atoms with van der Waals surface area (Å²) in [5.74, 6) is 1.51. The van der Waals surface area contributed by atoms with Gasteiger partial charge in [0.1, 0.15) is 22.2 Å². The van der Waals surface area contributed by atoms with Crippen LogP contribution in [0, 0.1) is 22.7 Å². The molecule has 0 bridgehead atoms. The zero-order valence-corrected chi connectivity index (χ0v) is 31.7. The van der Waals surface area contributed by atoms with Crippen LogP contribution < -0.4 is 0 Å². The number of Topliss-reactive ketones (excluding diaryl/α,β-unsaturated/α-hetero) is 1. The summed E-state index contributed by atoms with van der Waals surface area (Å²) in [4.78, 5) is 40.7. The summed E-state index contributed by atoms with van der Waals surface area (Å²) in [6.45, 7) is 19.8. The van der Waals surface area contributed by atoms with E-state index in [-0.39, 0.29) is 27.8 Å². The summed E-state index contributed by atoms with van der Waals surface area (Å²) in [5.41, 5.74) is 2.28. The Morgan fingerprint density at radius 3 is 1.52 bits per heavy atom. The predicted octanol–water partition coefficient (Wildman–Crippen LogP) is 7.96. The standard InChI is InChI=1S/C21H34N2O3S.C17H25NO3/c1-19(2,3)26-18(24)23-13-11-21(12-14-23)10-9-16(15-7-8-15)17(21)22-27(25)20(4,5)6;1-16(2,3)21-15(20)18-10-8-17(9-11-18)7-6-13(14(17)19)12-4-5-12/h9,15H,7-8,10-14H2,1-6H3;6,12H,4-5,7-11H2,1-3H3/t27-;/m1./s1. The van der Waals surface area contributed by atoms with Gasteiger partial charge in [0.2, 0.25) is 0 Å². The van der Waals surface area contributed by atoms with Gasteiger partial charge in [-0.2, -0.15) is 4.40 Å². The molecule has 2 saturated heterocycles. The Kier molecular flexibility index (Phi) is 10.2. The summed E-state index contributed by atoms with van der Waals surface area (Å²) in [7, 11) is -1.25. The van der Waals surface area contributed by atoms with E-state index >= 15 is 0 Å². The Balaban J connectivity index is 0.000000194. The number of likely N-dealkylation sites (tertiary alicyclic amines) is 2. The number of piperidine rings is 2. The zero-order valence-electron chi connectivity index (χ0n) is 30.9. The number of nitrogens with zero attached hydrogens (tertiary/aromatic N) is 3. The molecule has 1 atom stereocenters. The minimum atomic E-state index is -1.25. The number of hydrogen-bond donors (Lipinski definition) is 0. The number of amides is 2. The minimum Gasteiger partial charge on any atom is -0.444 e. The molecule has 0 N–H and O–H groups in total. The Bertz CT molecular complexity index is 1380. The molecule has 2 amide bonds. The van der Waals surface area contributed by atoms with Crippen molar-refractivity contribution in [3.8, 4) is 0 Å². The van der Waals surface area contributed by atoms with Gasteiger partial charge in [-0.25, -0.2) is 13.8 Å². The molecule has 9 nitrogen and oxygen atoms in total. The summed E-state index contributed by atoms with van der Waals surface area (Å²) < 4.78 is 28.1. The van der Waals surface area contributed by atoms with Crippen molar-refractivity contribution < 1.29 is 28.1 Å². The summed E-state index contributed by atoms with van der Waals surface area (Å²) in [6.07, 6.45) is 13.9. The van der Waals surface area contributed by atoms with E-state index in [1.54, 1.807) is 4.90 Å². The lowest BCUT2D eigenvalue weighted by Crippen LogP contribution is -2.47. The Hall–Kier alpha value is -2.49. The van der Waals surface area contributed by atoms with Crippen molar-refractivity contribution in [2.24, 2.45) is 27.1 Å². The van der Waals surface area contributed by atoms with E-state index in [2.05, 4.69) is 12.2 Å². The Morgan fingerprint density at radius 1 is 0.708 bits per heavy atom. The van der Waals surface area contributed by atoms with E-state index in [9.17, 15) is 18.6 Å². The monoisotopic (exact) mass is 685 g/mol. The molecule has 268 valence electrons. The quantitative estimate of drug-likeness (QED) is 0.299. The van der Waals surface area contributed by atoms with Gasteiger partial charge in [0.15, 0.2) is 5.78 Å². The SMILES string of the molecule is CC(C)(C)OC(=O)N1CCC2(CC=C(C3CC3)C2=N[S@](=O)C(C)(C)C)CC1.CC(C)(C)OC(=O)N1CCC2(CC=C(C3CC3)C2=O)CC1. The van der Waals surface area contributed by atoms with E-state index in [1.165, 1.54) is 31.3 Å². The fourth-order valence-corrected chi connectivity index (χ4v) is 7.97. The summed E-state index contributed by atoms with van der Waals surface area (Å²) in [6, 6.07) is 0. The van der Waals surface area contributed by atoms with Crippen LogP contribution in [0.2, 0.25) is 0 Å². The van der Waals surface area contributed by atoms with Crippen LogP contribution in [0.15, 0.2) is 27.7 Å². The molecule has 4 fully saturated rings. The van der Waals surface area contributed by atoms with Crippen LogP contribution in [0.3, 0.4) is 0 Å². The predicted molar refractivity (Wildman–Crippen MR) is 190 cm³/mol. The van der Waals surface area contributed by atoms with Gasteiger partial charge < -0.3 is 19.3 Å². The van der Waals surface area contributed by atoms with Gasteiger partial charge in [-0.05, 0) is 150 Å². The normalized spacial score (nSPS) is 25.4. The van der Waals surface area contributed by atoms with Crippen LogP contribution in [0.4, 0.5) is 9.59 Å². The molecule has 48 heavy (non-hydrogen) atoms. The molecule has 10 heteroatoms. The molecule has 2 spiro atoms. The zero-order chi connectivity index (χ0) is 35.3. The lowest BCUT2D eigenvalue weighted by molar-refractivity contribution is -0.126. The van der Waals surface area contributed by atoms with E-state index in [4.69, 9.17) is 13.9 Å². The maximum Gasteiger partial charge on any atom is 0.410 e. The maximum atomic E-state index is 12.8. The van der Waals surface area contributed by atoms with Gasteiger partial charge in [0.05, 0.1) is 10.5 Å². The van der Waals surface area contributed by atoms with Gasteiger partial charge in [-0.1, -0.05) is 12.2 Å². The van der Waals surface area contributed by atoms with Crippen molar-refractivity contribution in [1.82, 2.24) is 9.80 Å². The molecular formula is C38H59N3O6S. The van der Waals surface area contributed by atoms with Crippen LogP contribution in [0.1, 0.15) is 127 Å². The van der Waals surface area contributed by atoms with Gasteiger partial charge in [-0.15, -0.1) is 0 Å². The second-order valence-electron chi connectivity index (χ2n) is 17.9. The lowest BCUT2D eigenvalue weighted by atomic mass is 9.74. The first kappa shape index (κ1) is 36.8. The number of allylic oxidation sites excluding steroid dienone is 4. The first-order chi connectivity index (χ1) is 22.2. The minimum absolute atomic E-state index is 0.0582. The van der Waals surface area contributed by atoms with Crippen LogP contribution in [0.25, 0.3) is 0 Å².